The van der Waals surface area contributed by atoms with Gasteiger partial charge in [-0.05, 0) is 38.6 Å². The van der Waals surface area contributed by atoms with Crippen molar-refractivity contribution in [3.05, 3.63) is 0 Å². The molecule has 1 amide bonds. The number of amides is 1. The van der Waals surface area contributed by atoms with Crippen molar-refractivity contribution >= 4 is 5.91 Å². The minimum Gasteiger partial charge on any atom is -0.371 e. The van der Waals surface area contributed by atoms with Crippen LogP contribution in [-0.4, -0.2) is 49.2 Å². The fraction of sp³-hybridized carbons (Fsp3) is 0.933. The molecule has 3 rings (SSSR count). The minimum atomic E-state index is -0.135. The number of morpholine rings is 1. The van der Waals surface area contributed by atoms with Crippen LogP contribution in [0.5, 0.6) is 0 Å². The van der Waals surface area contributed by atoms with E-state index in [0.717, 1.165) is 64.7 Å². The van der Waals surface area contributed by atoms with Crippen molar-refractivity contribution < 1.29 is 9.53 Å². The van der Waals surface area contributed by atoms with Crippen LogP contribution in [0.1, 0.15) is 45.4 Å². The highest BCUT2D eigenvalue weighted by molar-refractivity contribution is 5.83. The van der Waals surface area contributed by atoms with Crippen molar-refractivity contribution in [3.8, 4) is 0 Å². The first kappa shape index (κ1) is 13.4. The summed E-state index contributed by atoms with van der Waals surface area (Å²) in [5.41, 5.74) is -0.135. The van der Waals surface area contributed by atoms with Crippen LogP contribution >= 0.6 is 0 Å². The lowest BCUT2D eigenvalue weighted by Gasteiger charge is -2.42. The summed E-state index contributed by atoms with van der Waals surface area (Å²) in [5, 5.41) is 3.44. The smallest absolute Gasteiger partial charge is 0.230 e. The molecule has 0 radical (unpaired) electrons. The van der Waals surface area contributed by atoms with Crippen LogP contribution < -0.4 is 5.32 Å². The number of nitrogens with zero attached hydrogens (tertiary/aromatic N) is 1. The number of rotatable bonds is 3. The summed E-state index contributed by atoms with van der Waals surface area (Å²) in [6, 6.07) is 0. The summed E-state index contributed by atoms with van der Waals surface area (Å²) in [7, 11) is 0. The second-order valence-electron chi connectivity index (χ2n) is 6.48. The predicted octanol–water partition coefficient (Wildman–Crippen LogP) is 1.55. The Morgan fingerprint density at radius 3 is 2.68 bits per heavy atom. The highest BCUT2D eigenvalue weighted by Crippen LogP contribution is 2.36. The van der Waals surface area contributed by atoms with Gasteiger partial charge in [0.05, 0.1) is 17.6 Å². The van der Waals surface area contributed by atoms with E-state index in [0.29, 0.717) is 18.1 Å². The van der Waals surface area contributed by atoms with E-state index in [2.05, 4.69) is 17.1 Å². The molecule has 0 spiro atoms. The van der Waals surface area contributed by atoms with E-state index in [4.69, 9.17) is 4.74 Å². The summed E-state index contributed by atoms with van der Waals surface area (Å²) in [6.45, 7) is 5.76. The Labute approximate surface area is 115 Å². The van der Waals surface area contributed by atoms with Gasteiger partial charge < -0.3 is 15.0 Å². The third-order valence-electron chi connectivity index (χ3n) is 4.99. The molecule has 19 heavy (non-hydrogen) atoms. The summed E-state index contributed by atoms with van der Waals surface area (Å²) >= 11 is 0. The van der Waals surface area contributed by atoms with Crippen LogP contribution in [0.15, 0.2) is 0 Å². The van der Waals surface area contributed by atoms with Crippen molar-refractivity contribution in [1.82, 2.24) is 10.2 Å². The highest BCUT2D eigenvalue weighted by atomic mass is 16.5. The lowest BCUT2D eigenvalue weighted by molar-refractivity contribution is -0.152. The van der Waals surface area contributed by atoms with Gasteiger partial charge in [0, 0.05) is 19.6 Å². The molecule has 2 bridgehead atoms. The van der Waals surface area contributed by atoms with Gasteiger partial charge in [0.1, 0.15) is 0 Å². The molecular formula is C15H26N2O2. The largest absolute Gasteiger partial charge is 0.371 e. The number of carbonyl (C=O) groups excluding carboxylic acids is 1. The number of likely N-dealkylation sites (tertiary alicyclic amines) is 1. The molecule has 3 fully saturated rings. The van der Waals surface area contributed by atoms with Gasteiger partial charge in [-0.3, -0.25) is 4.79 Å². The molecule has 3 aliphatic rings. The molecule has 0 aromatic rings. The minimum absolute atomic E-state index is 0.135. The van der Waals surface area contributed by atoms with Gasteiger partial charge in [-0.1, -0.05) is 13.3 Å². The van der Waals surface area contributed by atoms with E-state index in [1.54, 1.807) is 0 Å². The van der Waals surface area contributed by atoms with Gasteiger partial charge in [0.15, 0.2) is 0 Å². The Kier molecular flexibility index (Phi) is 3.81. The molecule has 3 aliphatic heterocycles. The molecule has 3 atom stereocenters. The summed E-state index contributed by atoms with van der Waals surface area (Å²) in [5.74, 6) is 0.391. The fourth-order valence-electron chi connectivity index (χ4n) is 4.07. The number of hydrogen-bond donors (Lipinski definition) is 1. The zero-order valence-corrected chi connectivity index (χ0v) is 12.0. The van der Waals surface area contributed by atoms with Gasteiger partial charge >= 0.3 is 0 Å². The van der Waals surface area contributed by atoms with Gasteiger partial charge in [0.25, 0.3) is 0 Å². The molecule has 0 aromatic carbocycles. The summed E-state index contributed by atoms with van der Waals surface area (Å²) in [4.78, 5) is 15.1. The Bertz CT molecular complexity index is 322. The van der Waals surface area contributed by atoms with Crippen molar-refractivity contribution in [2.45, 2.75) is 57.7 Å². The molecule has 0 aromatic heterocycles. The Morgan fingerprint density at radius 1 is 1.37 bits per heavy atom. The maximum atomic E-state index is 13.0. The first-order valence-electron chi connectivity index (χ1n) is 7.89. The monoisotopic (exact) mass is 266 g/mol. The number of hydrogen-bond acceptors (Lipinski definition) is 3. The molecule has 1 N–H and O–H groups in total. The fourth-order valence-corrected chi connectivity index (χ4v) is 4.07. The number of piperidine rings is 1. The van der Waals surface area contributed by atoms with Crippen LogP contribution in [0.2, 0.25) is 0 Å². The average Bonchev–Trinajstić information content (AvgIpc) is 2.78. The third-order valence-corrected chi connectivity index (χ3v) is 4.99. The van der Waals surface area contributed by atoms with E-state index >= 15 is 0 Å². The zero-order valence-electron chi connectivity index (χ0n) is 12.0. The lowest BCUT2D eigenvalue weighted by Crippen LogP contribution is -2.56. The first-order chi connectivity index (χ1) is 9.23. The van der Waals surface area contributed by atoms with Crippen LogP contribution in [0.3, 0.4) is 0 Å². The summed E-state index contributed by atoms with van der Waals surface area (Å²) < 4.78 is 5.85. The number of nitrogens with one attached hydrogen (secondary N) is 1. The zero-order chi connectivity index (χ0) is 13.3. The van der Waals surface area contributed by atoms with Crippen LogP contribution in [0, 0.1) is 5.41 Å². The average molecular weight is 266 g/mol. The molecule has 4 heteroatoms. The summed E-state index contributed by atoms with van der Waals surface area (Å²) in [6.07, 6.45) is 7.16. The molecule has 108 valence electrons. The first-order valence-corrected chi connectivity index (χ1v) is 7.89. The number of ether oxygens (including phenoxy) is 1. The normalized spacial score (nSPS) is 38.5. The SMILES string of the molecule is CCCC1(C(=O)N2CC3CCC(C2)O3)CCCNC1. The maximum Gasteiger partial charge on any atom is 0.230 e. The van der Waals surface area contributed by atoms with Crippen molar-refractivity contribution in [1.29, 1.82) is 0 Å². The molecule has 4 nitrogen and oxygen atoms in total. The molecular weight excluding hydrogens is 240 g/mol. The lowest BCUT2D eigenvalue weighted by atomic mass is 9.75. The molecule has 3 heterocycles. The van der Waals surface area contributed by atoms with Gasteiger partial charge in [0.2, 0.25) is 5.91 Å². The topological polar surface area (TPSA) is 41.6 Å². The second kappa shape index (κ2) is 5.41. The molecule has 3 unspecified atom stereocenters. The van der Waals surface area contributed by atoms with Crippen molar-refractivity contribution in [2.75, 3.05) is 26.2 Å². The Hall–Kier alpha value is -0.610. The highest BCUT2D eigenvalue weighted by Gasteiger charge is 2.45. The molecule has 0 aliphatic carbocycles. The van der Waals surface area contributed by atoms with Crippen LogP contribution in [0.4, 0.5) is 0 Å². The quantitative estimate of drug-likeness (QED) is 0.842. The Balaban J connectivity index is 1.72. The number of fused-ring (bicyclic) bond motifs is 2. The van der Waals surface area contributed by atoms with E-state index in [-0.39, 0.29) is 5.41 Å². The van der Waals surface area contributed by atoms with Gasteiger partial charge in [-0.15, -0.1) is 0 Å². The van der Waals surface area contributed by atoms with Gasteiger partial charge in [-0.25, -0.2) is 0 Å². The van der Waals surface area contributed by atoms with E-state index in [1.165, 1.54) is 0 Å². The Morgan fingerprint density at radius 2 is 2.11 bits per heavy atom. The third kappa shape index (κ3) is 2.52. The van der Waals surface area contributed by atoms with Crippen LogP contribution in [-0.2, 0) is 9.53 Å². The van der Waals surface area contributed by atoms with Crippen molar-refractivity contribution in [2.24, 2.45) is 5.41 Å². The standard InChI is InChI=1S/C15H26N2O2/c1-2-6-15(7-3-8-16-11-15)14(18)17-9-12-4-5-13(10-17)19-12/h12-13,16H,2-11H2,1H3. The predicted molar refractivity (Wildman–Crippen MR) is 73.9 cm³/mol. The number of carbonyl (C=O) groups is 1. The maximum absolute atomic E-state index is 13.0. The van der Waals surface area contributed by atoms with E-state index < -0.39 is 0 Å². The van der Waals surface area contributed by atoms with Gasteiger partial charge in [-0.2, -0.15) is 0 Å². The molecule has 0 saturated carbocycles. The molecule has 3 saturated heterocycles. The van der Waals surface area contributed by atoms with Crippen molar-refractivity contribution in [3.63, 3.8) is 0 Å². The van der Waals surface area contributed by atoms with E-state index in [9.17, 15) is 4.79 Å². The second-order valence-corrected chi connectivity index (χ2v) is 6.48. The van der Waals surface area contributed by atoms with Crippen LogP contribution in [0.25, 0.3) is 0 Å². The van der Waals surface area contributed by atoms with E-state index in [1.807, 2.05) is 0 Å².